The van der Waals surface area contributed by atoms with Crippen LogP contribution < -0.4 is 10.1 Å². The number of carbonyl (C=O) groups is 1. The van der Waals surface area contributed by atoms with Crippen LogP contribution in [0.2, 0.25) is 10.0 Å². The van der Waals surface area contributed by atoms with Gasteiger partial charge in [-0.05, 0) is 36.8 Å². The van der Waals surface area contributed by atoms with Crippen LogP contribution in [0.1, 0.15) is 22.8 Å². The van der Waals surface area contributed by atoms with Crippen molar-refractivity contribution in [2.75, 3.05) is 12.4 Å². The molecule has 0 atom stereocenters. The summed E-state index contributed by atoms with van der Waals surface area (Å²) in [7, 11) is 1.50. The number of halogens is 2. The van der Waals surface area contributed by atoms with Crippen molar-refractivity contribution in [1.82, 2.24) is 14.8 Å². The highest BCUT2D eigenvalue weighted by Crippen LogP contribution is 2.28. The molecular weight excluding hydrogens is 419 g/mol. The molecule has 6 nitrogen and oxygen atoms in total. The van der Waals surface area contributed by atoms with Gasteiger partial charge in [0.25, 0.3) is 5.91 Å². The Hall–Kier alpha value is -2.22. The fourth-order valence-electron chi connectivity index (χ4n) is 2.56. The van der Waals surface area contributed by atoms with Crippen LogP contribution in [0.5, 0.6) is 5.75 Å². The van der Waals surface area contributed by atoms with Gasteiger partial charge in [0.1, 0.15) is 5.75 Å². The maximum absolute atomic E-state index is 12.7. The lowest BCUT2D eigenvalue weighted by molar-refractivity contribution is 0.102. The SMILES string of the molecule is CCn1c(NC(=O)c2cc(Cl)ccc2OC)nnc1SCc1ccccc1Cl. The average molecular weight is 437 g/mol. The first-order valence-electron chi connectivity index (χ1n) is 8.47. The van der Waals surface area contributed by atoms with Gasteiger partial charge >= 0.3 is 0 Å². The zero-order valence-electron chi connectivity index (χ0n) is 15.3. The van der Waals surface area contributed by atoms with E-state index in [1.54, 1.807) is 18.2 Å². The second kappa shape index (κ2) is 9.32. The molecule has 3 rings (SSSR count). The predicted octanol–water partition coefficient (Wildman–Crippen LogP) is 5.16. The Morgan fingerprint density at radius 1 is 1.21 bits per heavy atom. The minimum atomic E-state index is -0.371. The van der Waals surface area contributed by atoms with Crippen LogP contribution >= 0.6 is 35.0 Å². The van der Waals surface area contributed by atoms with Crippen LogP contribution in [0, 0.1) is 0 Å². The summed E-state index contributed by atoms with van der Waals surface area (Å²) in [5.41, 5.74) is 1.33. The minimum Gasteiger partial charge on any atom is -0.496 e. The van der Waals surface area contributed by atoms with Crippen LogP contribution in [0.3, 0.4) is 0 Å². The lowest BCUT2D eigenvalue weighted by Gasteiger charge is -2.11. The summed E-state index contributed by atoms with van der Waals surface area (Å²) in [5.74, 6) is 1.06. The van der Waals surface area contributed by atoms with E-state index in [1.807, 2.05) is 35.8 Å². The molecule has 0 aliphatic rings. The summed E-state index contributed by atoms with van der Waals surface area (Å²) in [6, 6.07) is 12.5. The van der Waals surface area contributed by atoms with Gasteiger partial charge in [0.2, 0.25) is 5.95 Å². The van der Waals surface area contributed by atoms with E-state index in [1.165, 1.54) is 18.9 Å². The van der Waals surface area contributed by atoms with E-state index in [2.05, 4.69) is 15.5 Å². The Kier molecular flexibility index (Phi) is 6.83. The van der Waals surface area contributed by atoms with Gasteiger partial charge in [0, 0.05) is 22.3 Å². The lowest BCUT2D eigenvalue weighted by Crippen LogP contribution is -2.17. The van der Waals surface area contributed by atoms with E-state index in [0.717, 1.165) is 5.56 Å². The van der Waals surface area contributed by atoms with Gasteiger partial charge in [-0.15, -0.1) is 10.2 Å². The number of nitrogens with one attached hydrogen (secondary N) is 1. The third kappa shape index (κ3) is 4.60. The first-order chi connectivity index (χ1) is 13.5. The molecule has 0 saturated carbocycles. The van der Waals surface area contributed by atoms with Crippen molar-refractivity contribution in [3.63, 3.8) is 0 Å². The highest BCUT2D eigenvalue weighted by atomic mass is 35.5. The smallest absolute Gasteiger partial charge is 0.261 e. The zero-order chi connectivity index (χ0) is 20.1. The van der Waals surface area contributed by atoms with Gasteiger partial charge in [0.15, 0.2) is 5.16 Å². The summed E-state index contributed by atoms with van der Waals surface area (Å²) in [5, 5.41) is 12.9. The highest BCUT2D eigenvalue weighted by molar-refractivity contribution is 7.98. The summed E-state index contributed by atoms with van der Waals surface area (Å²) in [6.07, 6.45) is 0. The van der Waals surface area contributed by atoms with Crippen molar-refractivity contribution in [3.8, 4) is 5.75 Å². The van der Waals surface area contributed by atoms with Crippen LogP contribution in [0.25, 0.3) is 0 Å². The second-order valence-corrected chi connectivity index (χ2v) is 7.52. The number of thioether (sulfide) groups is 1. The topological polar surface area (TPSA) is 69.0 Å². The third-order valence-electron chi connectivity index (χ3n) is 3.98. The zero-order valence-corrected chi connectivity index (χ0v) is 17.6. The maximum atomic E-state index is 12.7. The molecule has 1 amide bonds. The van der Waals surface area contributed by atoms with Gasteiger partial charge in [-0.1, -0.05) is 53.2 Å². The Morgan fingerprint density at radius 2 is 2.00 bits per heavy atom. The number of carbonyl (C=O) groups excluding carboxylic acids is 1. The van der Waals surface area contributed by atoms with Crippen LogP contribution in [-0.2, 0) is 12.3 Å². The van der Waals surface area contributed by atoms with Gasteiger partial charge in [-0.25, -0.2) is 0 Å². The molecule has 0 radical (unpaired) electrons. The number of hydrogen-bond acceptors (Lipinski definition) is 5. The Bertz CT molecular complexity index is 994. The molecule has 9 heteroatoms. The van der Waals surface area contributed by atoms with E-state index < -0.39 is 0 Å². The van der Waals surface area contributed by atoms with Gasteiger partial charge < -0.3 is 4.74 Å². The number of aromatic nitrogens is 3. The molecule has 0 saturated heterocycles. The molecule has 0 aliphatic carbocycles. The van der Waals surface area contributed by atoms with E-state index in [0.29, 0.717) is 44.8 Å². The minimum absolute atomic E-state index is 0.325. The molecule has 0 aliphatic heterocycles. The predicted molar refractivity (Wildman–Crippen MR) is 113 cm³/mol. The van der Waals surface area contributed by atoms with Gasteiger partial charge in [-0.3, -0.25) is 14.7 Å². The number of rotatable bonds is 7. The first kappa shape index (κ1) is 20.5. The quantitative estimate of drug-likeness (QED) is 0.518. The molecule has 1 N–H and O–H groups in total. The molecule has 146 valence electrons. The third-order valence-corrected chi connectivity index (χ3v) is 5.60. The number of benzene rings is 2. The largest absolute Gasteiger partial charge is 0.496 e. The number of hydrogen-bond donors (Lipinski definition) is 1. The van der Waals surface area contributed by atoms with Gasteiger partial charge in [0.05, 0.1) is 12.7 Å². The van der Waals surface area contributed by atoms with Crippen molar-refractivity contribution >= 4 is 46.8 Å². The number of nitrogens with zero attached hydrogens (tertiary/aromatic N) is 3. The number of ether oxygens (including phenoxy) is 1. The van der Waals surface area contributed by atoms with Crippen molar-refractivity contribution < 1.29 is 9.53 Å². The van der Waals surface area contributed by atoms with Gasteiger partial charge in [-0.2, -0.15) is 0 Å². The first-order valence-corrected chi connectivity index (χ1v) is 10.2. The maximum Gasteiger partial charge on any atom is 0.261 e. The molecule has 0 fully saturated rings. The number of amides is 1. The average Bonchev–Trinajstić information content (AvgIpc) is 3.08. The standard InChI is InChI=1S/C19H18Cl2N4O2S/c1-3-25-18(22-17(26)14-10-13(20)8-9-16(14)27-2)23-24-19(25)28-11-12-6-4-5-7-15(12)21/h4-10H,3,11H2,1-2H3,(H,22,23,26). The molecule has 0 bridgehead atoms. The van der Waals surface area contributed by atoms with Crippen molar-refractivity contribution in [3.05, 3.63) is 63.6 Å². The van der Waals surface area contributed by atoms with Crippen LogP contribution in [0.15, 0.2) is 47.6 Å². The van der Waals surface area contributed by atoms with Crippen LogP contribution in [0.4, 0.5) is 5.95 Å². The fraction of sp³-hybridized carbons (Fsp3) is 0.211. The summed E-state index contributed by atoms with van der Waals surface area (Å²) in [6.45, 7) is 2.55. The van der Waals surface area contributed by atoms with E-state index in [4.69, 9.17) is 27.9 Å². The monoisotopic (exact) mass is 436 g/mol. The number of methoxy groups -OCH3 is 1. The molecule has 0 unspecified atom stereocenters. The normalized spacial score (nSPS) is 10.7. The molecule has 1 heterocycles. The van der Waals surface area contributed by atoms with Crippen molar-refractivity contribution in [2.45, 2.75) is 24.4 Å². The van der Waals surface area contributed by atoms with E-state index in [9.17, 15) is 4.79 Å². The molecule has 2 aromatic carbocycles. The van der Waals surface area contributed by atoms with E-state index >= 15 is 0 Å². The molecule has 0 spiro atoms. The lowest BCUT2D eigenvalue weighted by atomic mass is 10.2. The number of anilines is 1. The Morgan fingerprint density at radius 3 is 2.71 bits per heavy atom. The Labute approximate surface area is 177 Å². The summed E-state index contributed by atoms with van der Waals surface area (Å²) >= 11 is 13.7. The fourth-order valence-corrected chi connectivity index (χ4v) is 4.02. The molecule has 1 aromatic heterocycles. The Balaban J connectivity index is 1.78. The molecule has 3 aromatic rings. The summed E-state index contributed by atoms with van der Waals surface area (Å²) < 4.78 is 7.07. The van der Waals surface area contributed by atoms with E-state index in [-0.39, 0.29) is 5.91 Å². The highest BCUT2D eigenvalue weighted by Gasteiger charge is 2.18. The van der Waals surface area contributed by atoms with Crippen molar-refractivity contribution in [2.24, 2.45) is 0 Å². The van der Waals surface area contributed by atoms with Crippen molar-refractivity contribution in [1.29, 1.82) is 0 Å². The van der Waals surface area contributed by atoms with Crippen LogP contribution in [-0.4, -0.2) is 27.8 Å². The molecular formula is C19H18Cl2N4O2S. The summed E-state index contributed by atoms with van der Waals surface area (Å²) in [4.78, 5) is 12.7. The second-order valence-electron chi connectivity index (χ2n) is 5.73. The molecule has 28 heavy (non-hydrogen) atoms.